The molecule has 0 aliphatic carbocycles. The maximum absolute atomic E-state index is 8.20. The Labute approximate surface area is 97.0 Å². The molecule has 2 heterocycles. The first-order valence-corrected chi connectivity index (χ1v) is 6.37. The van der Waals surface area contributed by atoms with Crippen LogP contribution in [0.25, 0.3) is 10.4 Å². The molecule has 0 amide bonds. The first kappa shape index (κ1) is 11.7. The van der Waals surface area contributed by atoms with Crippen molar-refractivity contribution in [1.82, 2.24) is 9.80 Å². The summed E-state index contributed by atoms with van der Waals surface area (Å²) in [5.41, 5.74) is 8.20. The third-order valence-corrected chi connectivity index (χ3v) is 3.72. The molecule has 0 N–H and O–H groups in total. The maximum Gasteiger partial charge on any atom is 0.0270 e. The predicted molar refractivity (Wildman–Crippen MR) is 64.3 cm³/mol. The molecule has 2 fully saturated rings. The van der Waals surface area contributed by atoms with E-state index < -0.39 is 0 Å². The number of piperidine rings is 1. The van der Waals surface area contributed by atoms with Crippen LogP contribution in [0.15, 0.2) is 5.11 Å². The quantitative estimate of drug-likeness (QED) is 0.316. The van der Waals surface area contributed by atoms with E-state index in [1.165, 1.54) is 45.4 Å². The van der Waals surface area contributed by atoms with Crippen LogP contribution < -0.4 is 0 Å². The Morgan fingerprint density at radius 2 is 2.19 bits per heavy atom. The van der Waals surface area contributed by atoms with E-state index in [1.54, 1.807) is 0 Å². The van der Waals surface area contributed by atoms with Crippen LogP contribution >= 0.6 is 0 Å². The van der Waals surface area contributed by atoms with Crippen molar-refractivity contribution in [1.29, 1.82) is 0 Å². The normalized spacial score (nSPS) is 27.1. The summed E-state index contributed by atoms with van der Waals surface area (Å²) in [6, 6.07) is 0.793. The Morgan fingerprint density at radius 1 is 1.25 bits per heavy atom. The van der Waals surface area contributed by atoms with E-state index in [-0.39, 0.29) is 0 Å². The Morgan fingerprint density at radius 3 is 3.06 bits per heavy atom. The maximum atomic E-state index is 8.20. The average molecular weight is 223 g/mol. The number of piperazine rings is 1. The van der Waals surface area contributed by atoms with E-state index in [2.05, 4.69) is 19.8 Å². The minimum Gasteiger partial charge on any atom is -0.301 e. The summed E-state index contributed by atoms with van der Waals surface area (Å²) in [4.78, 5) is 7.96. The number of rotatable bonds is 4. The molecule has 16 heavy (non-hydrogen) atoms. The molecule has 5 heteroatoms. The second-order valence-corrected chi connectivity index (χ2v) is 4.79. The summed E-state index contributed by atoms with van der Waals surface area (Å²) in [6.45, 7) is 6.66. The largest absolute Gasteiger partial charge is 0.301 e. The van der Waals surface area contributed by atoms with Crippen molar-refractivity contribution in [3.63, 3.8) is 0 Å². The highest BCUT2D eigenvalue weighted by Gasteiger charge is 2.28. The monoisotopic (exact) mass is 223 g/mol. The molecule has 0 radical (unpaired) electrons. The van der Waals surface area contributed by atoms with Gasteiger partial charge in [-0.2, -0.15) is 0 Å². The SMILES string of the molecule is [N-]=[N+]=NCCCN1CCN2CCCCC2C1. The third kappa shape index (κ3) is 3.11. The molecule has 1 atom stereocenters. The van der Waals surface area contributed by atoms with Crippen molar-refractivity contribution in [2.45, 2.75) is 31.7 Å². The van der Waals surface area contributed by atoms with Gasteiger partial charge in [-0.25, -0.2) is 0 Å². The van der Waals surface area contributed by atoms with Crippen molar-refractivity contribution in [2.24, 2.45) is 5.11 Å². The topological polar surface area (TPSA) is 55.2 Å². The van der Waals surface area contributed by atoms with Gasteiger partial charge in [-0.1, -0.05) is 11.5 Å². The molecule has 2 saturated heterocycles. The lowest BCUT2D eigenvalue weighted by Crippen LogP contribution is -2.54. The fourth-order valence-corrected chi connectivity index (χ4v) is 2.83. The van der Waals surface area contributed by atoms with Crippen LogP contribution in [0, 0.1) is 0 Å². The molecule has 0 aromatic heterocycles. The molecule has 5 nitrogen and oxygen atoms in total. The molecule has 0 aromatic rings. The summed E-state index contributed by atoms with van der Waals surface area (Å²) in [7, 11) is 0. The molecule has 2 rings (SSSR count). The predicted octanol–water partition coefficient (Wildman–Crippen LogP) is 1.86. The zero-order valence-corrected chi connectivity index (χ0v) is 9.88. The first-order chi connectivity index (χ1) is 7.90. The zero-order valence-electron chi connectivity index (χ0n) is 9.88. The summed E-state index contributed by atoms with van der Waals surface area (Å²) in [5.74, 6) is 0. The lowest BCUT2D eigenvalue weighted by Gasteiger charge is -2.44. The van der Waals surface area contributed by atoms with E-state index in [0.717, 1.165) is 19.0 Å². The minimum atomic E-state index is 0.640. The van der Waals surface area contributed by atoms with Crippen LogP contribution in [-0.2, 0) is 0 Å². The van der Waals surface area contributed by atoms with Gasteiger partial charge in [-0.05, 0) is 37.9 Å². The van der Waals surface area contributed by atoms with Gasteiger partial charge in [0.05, 0.1) is 0 Å². The fourth-order valence-electron chi connectivity index (χ4n) is 2.83. The zero-order chi connectivity index (χ0) is 11.2. The molecule has 0 aromatic carbocycles. The standard InChI is InChI=1S/C11H21N5/c12-14-13-5-3-6-15-8-9-16-7-2-1-4-11(16)10-15/h11H,1-10H2. The van der Waals surface area contributed by atoms with Crippen LogP contribution in [0.3, 0.4) is 0 Å². The smallest absolute Gasteiger partial charge is 0.0270 e. The van der Waals surface area contributed by atoms with Gasteiger partial charge in [0.1, 0.15) is 0 Å². The summed E-state index contributed by atoms with van der Waals surface area (Å²) in [5, 5.41) is 3.58. The van der Waals surface area contributed by atoms with E-state index in [1.807, 2.05) is 0 Å². The summed E-state index contributed by atoms with van der Waals surface area (Å²) in [6.07, 6.45) is 5.14. The fraction of sp³-hybridized carbons (Fsp3) is 1.00. The Hall–Kier alpha value is -0.770. The van der Waals surface area contributed by atoms with Gasteiger partial charge in [-0.15, -0.1) is 0 Å². The highest BCUT2D eigenvalue weighted by atomic mass is 15.3. The molecule has 0 bridgehead atoms. The van der Waals surface area contributed by atoms with Gasteiger partial charge in [-0.3, -0.25) is 4.90 Å². The molecule has 0 spiro atoms. The first-order valence-electron chi connectivity index (χ1n) is 6.37. The van der Waals surface area contributed by atoms with E-state index in [9.17, 15) is 0 Å². The lowest BCUT2D eigenvalue weighted by molar-refractivity contribution is 0.0492. The van der Waals surface area contributed by atoms with Gasteiger partial charge >= 0.3 is 0 Å². The molecule has 2 aliphatic rings. The second kappa shape index (κ2) is 6.09. The van der Waals surface area contributed by atoms with Crippen LogP contribution in [0.4, 0.5) is 0 Å². The average Bonchev–Trinajstić information content (AvgIpc) is 2.34. The Balaban J connectivity index is 1.70. The van der Waals surface area contributed by atoms with Gasteiger partial charge in [0.25, 0.3) is 0 Å². The molecular formula is C11H21N5. The van der Waals surface area contributed by atoms with E-state index in [0.29, 0.717) is 6.54 Å². The molecule has 1 unspecified atom stereocenters. The van der Waals surface area contributed by atoms with E-state index in [4.69, 9.17) is 5.53 Å². The van der Waals surface area contributed by atoms with Crippen molar-refractivity contribution < 1.29 is 0 Å². The third-order valence-electron chi connectivity index (χ3n) is 3.72. The molecule has 0 saturated carbocycles. The van der Waals surface area contributed by atoms with Crippen molar-refractivity contribution in [2.75, 3.05) is 39.3 Å². The van der Waals surface area contributed by atoms with E-state index >= 15 is 0 Å². The van der Waals surface area contributed by atoms with Crippen molar-refractivity contribution >= 4 is 0 Å². The Kier molecular flexibility index (Phi) is 4.45. The summed E-state index contributed by atoms with van der Waals surface area (Å²) < 4.78 is 0. The number of azide groups is 1. The lowest BCUT2D eigenvalue weighted by atomic mass is 9.99. The van der Waals surface area contributed by atoms with Crippen LogP contribution in [0.1, 0.15) is 25.7 Å². The summed E-state index contributed by atoms with van der Waals surface area (Å²) >= 11 is 0. The van der Waals surface area contributed by atoms with Crippen molar-refractivity contribution in [3.8, 4) is 0 Å². The van der Waals surface area contributed by atoms with Crippen LogP contribution in [0.5, 0.6) is 0 Å². The van der Waals surface area contributed by atoms with Gasteiger partial charge in [0.15, 0.2) is 0 Å². The molecule has 90 valence electrons. The number of hydrogen-bond donors (Lipinski definition) is 0. The van der Waals surface area contributed by atoms with Gasteiger partial charge in [0, 0.05) is 37.1 Å². The Bertz CT molecular complexity index is 261. The van der Waals surface area contributed by atoms with Crippen LogP contribution in [-0.4, -0.2) is 55.1 Å². The number of hydrogen-bond acceptors (Lipinski definition) is 3. The highest BCUT2D eigenvalue weighted by Crippen LogP contribution is 2.20. The van der Waals surface area contributed by atoms with Crippen LogP contribution in [0.2, 0.25) is 0 Å². The number of nitrogens with zero attached hydrogens (tertiary/aromatic N) is 5. The second-order valence-electron chi connectivity index (χ2n) is 4.79. The van der Waals surface area contributed by atoms with Gasteiger partial charge in [0.2, 0.25) is 0 Å². The molecular weight excluding hydrogens is 202 g/mol. The number of fused-ring (bicyclic) bond motifs is 1. The minimum absolute atomic E-state index is 0.640. The van der Waals surface area contributed by atoms with Crippen molar-refractivity contribution in [3.05, 3.63) is 10.4 Å². The van der Waals surface area contributed by atoms with Gasteiger partial charge < -0.3 is 4.90 Å². The highest BCUT2D eigenvalue weighted by molar-refractivity contribution is 4.84. The molecule has 2 aliphatic heterocycles.